The fourth-order valence-corrected chi connectivity index (χ4v) is 4.50. The molecular weight excluding hydrogens is 384 g/mol. The maximum atomic E-state index is 4.49. The molecule has 1 aromatic heterocycles. The van der Waals surface area contributed by atoms with E-state index in [4.69, 9.17) is 0 Å². The molecule has 0 amide bonds. The van der Waals surface area contributed by atoms with Crippen LogP contribution >= 0.6 is 0 Å². The Labute approximate surface area is 184 Å². The Morgan fingerprint density at radius 2 is 1.61 bits per heavy atom. The minimum atomic E-state index is 0.334. The average molecular weight is 415 g/mol. The van der Waals surface area contributed by atoms with Gasteiger partial charge in [-0.25, -0.2) is 4.68 Å². The van der Waals surface area contributed by atoms with Crippen molar-refractivity contribution in [3.05, 3.63) is 83.7 Å². The molecule has 2 aliphatic rings. The van der Waals surface area contributed by atoms with Gasteiger partial charge in [-0.1, -0.05) is 72.8 Å². The molecule has 31 heavy (non-hydrogen) atoms. The van der Waals surface area contributed by atoms with Crippen molar-refractivity contribution in [1.29, 1.82) is 0 Å². The van der Waals surface area contributed by atoms with Crippen LogP contribution in [0.3, 0.4) is 0 Å². The molecule has 3 aromatic rings. The number of nitrogens with zero attached hydrogens (tertiary/aromatic N) is 6. The topological polar surface area (TPSA) is 50.1 Å². The molecular formula is C25H30N6. The van der Waals surface area contributed by atoms with Crippen LogP contribution < -0.4 is 0 Å². The van der Waals surface area contributed by atoms with Gasteiger partial charge in [0.1, 0.15) is 0 Å². The van der Waals surface area contributed by atoms with E-state index in [2.05, 4.69) is 92.1 Å². The van der Waals surface area contributed by atoms with E-state index in [-0.39, 0.29) is 0 Å². The van der Waals surface area contributed by atoms with Gasteiger partial charge in [0.25, 0.3) is 0 Å². The second-order valence-corrected chi connectivity index (χ2v) is 8.61. The molecule has 5 rings (SSSR count). The van der Waals surface area contributed by atoms with Crippen LogP contribution in [-0.4, -0.2) is 62.7 Å². The summed E-state index contributed by atoms with van der Waals surface area (Å²) in [7, 11) is 0. The zero-order valence-electron chi connectivity index (χ0n) is 17.9. The fraction of sp³-hybridized carbons (Fsp3) is 0.400. The van der Waals surface area contributed by atoms with Gasteiger partial charge in [-0.15, -0.1) is 5.10 Å². The number of rotatable bonds is 8. The summed E-state index contributed by atoms with van der Waals surface area (Å²) in [6, 6.07) is 21.3. The number of hydrogen-bond acceptors (Lipinski definition) is 5. The van der Waals surface area contributed by atoms with Crippen LogP contribution in [0.4, 0.5) is 0 Å². The second-order valence-electron chi connectivity index (χ2n) is 8.61. The van der Waals surface area contributed by atoms with Crippen LogP contribution in [0.2, 0.25) is 0 Å². The molecule has 160 valence electrons. The summed E-state index contributed by atoms with van der Waals surface area (Å²) in [5.41, 5.74) is 2.50. The van der Waals surface area contributed by atoms with Crippen molar-refractivity contribution in [3.8, 4) is 0 Å². The maximum absolute atomic E-state index is 4.49. The van der Waals surface area contributed by atoms with Gasteiger partial charge >= 0.3 is 0 Å². The van der Waals surface area contributed by atoms with Crippen LogP contribution in [-0.2, 0) is 6.54 Å². The van der Waals surface area contributed by atoms with Gasteiger partial charge in [0, 0.05) is 32.7 Å². The summed E-state index contributed by atoms with van der Waals surface area (Å²) in [4.78, 5) is 5.15. The van der Waals surface area contributed by atoms with E-state index in [0.29, 0.717) is 12.0 Å². The third kappa shape index (κ3) is 5.09. The first-order valence-corrected chi connectivity index (χ1v) is 11.3. The number of benzene rings is 2. The number of tetrazole rings is 1. The predicted octanol–water partition coefficient (Wildman–Crippen LogP) is 3.50. The van der Waals surface area contributed by atoms with Crippen molar-refractivity contribution in [2.24, 2.45) is 5.92 Å². The predicted molar refractivity (Wildman–Crippen MR) is 122 cm³/mol. The van der Waals surface area contributed by atoms with Crippen molar-refractivity contribution >= 4 is 6.08 Å². The zero-order valence-corrected chi connectivity index (χ0v) is 17.9. The lowest BCUT2D eigenvalue weighted by Crippen LogP contribution is -2.48. The number of hydrogen-bond donors (Lipinski definition) is 0. The summed E-state index contributed by atoms with van der Waals surface area (Å²) < 4.78 is 2.01. The molecule has 1 aliphatic heterocycles. The summed E-state index contributed by atoms with van der Waals surface area (Å²) in [6.45, 7) is 6.04. The Kier molecular flexibility index (Phi) is 6.18. The molecule has 1 saturated carbocycles. The van der Waals surface area contributed by atoms with Gasteiger partial charge in [0.15, 0.2) is 5.82 Å². The monoisotopic (exact) mass is 414 g/mol. The second kappa shape index (κ2) is 9.54. The van der Waals surface area contributed by atoms with Crippen LogP contribution in [0.5, 0.6) is 0 Å². The van der Waals surface area contributed by atoms with E-state index >= 15 is 0 Å². The summed E-state index contributed by atoms with van der Waals surface area (Å²) >= 11 is 0. The maximum Gasteiger partial charge on any atom is 0.169 e. The molecule has 0 bridgehead atoms. The van der Waals surface area contributed by atoms with Gasteiger partial charge < -0.3 is 0 Å². The first-order valence-electron chi connectivity index (χ1n) is 11.3. The van der Waals surface area contributed by atoms with Crippen molar-refractivity contribution in [3.63, 3.8) is 0 Å². The first kappa shape index (κ1) is 20.1. The van der Waals surface area contributed by atoms with E-state index in [1.165, 1.54) is 24.0 Å². The third-order valence-corrected chi connectivity index (χ3v) is 6.34. The zero-order chi connectivity index (χ0) is 20.9. The molecule has 1 atom stereocenters. The standard InChI is InChI=1S/C25H30N6/c1-3-8-21(9-4-1)12-7-15-29-16-18-30(19-17-29)24(23-13-14-23)25-26-27-28-31(25)20-22-10-5-2-6-11-22/h1-12,23-24H,13-20H2/b12-7+. The Morgan fingerprint density at radius 3 is 2.32 bits per heavy atom. The first-order chi connectivity index (χ1) is 15.4. The SMILES string of the molecule is C(=C\c1ccccc1)/CN1CCN(C(c2nnnn2Cc2ccccc2)C2CC2)CC1. The number of aromatic nitrogens is 4. The molecule has 2 fully saturated rings. The van der Waals surface area contributed by atoms with Gasteiger partial charge in [0.2, 0.25) is 0 Å². The molecule has 6 heteroatoms. The average Bonchev–Trinajstić information content (AvgIpc) is 3.56. The van der Waals surface area contributed by atoms with Crippen molar-refractivity contribution in [1.82, 2.24) is 30.0 Å². The van der Waals surface area contributed by atoms with Crippen LogP contribution in [0.1, 0.15) is 35.8 Å². The van der Waals surface area contributed by atoms with E-state index < -0.39 is 0 Å². The molecule has 6 nitrogen and oxygen atoms in total. The molecule has 0 N–H and O–H groups in total. The molecule has 0 radical (unpaired) electrons. The number of piperazine rings is 1. The van der Waals surface area contributed by atoms with E-state index in [1.807, 2.05) is 10.7 Å². The van der Waals surface area contributed by atoms with Crippen molar-refractivity contribution in [2.75, 3.05) is 32.7 Å². The van der Waals surface area contributed by atoms with Gasteiger partial charge in [-0.2, -0.15) is 0 Å². The highest BCUT2D eigenvalue weighted by Gasteiger charge is 2.40. The molecule has 1 aliphatic carbocycles. The Hall–Kier alpha value is -2.83. The van der Waals surface area contributed by atoms with Gasteiger partial charge in [-0.05, 0) is 40.3 Å². The Bertz CT molecular complexity index is 972. The third-order valence-electron chi connectivity index (χ3n) is 6.34. The highest BCUT2D eigenvalue weighted by molar-refractivity contribution is 5.48. The highest BCUT2D eigenvalue weighted by Crippen LogP contribution is 2.44. The van der Waals surface area contributed by atoms with Crippen LogP contribution in [0.25, 0.3) is 6.08 Å². The lowest BCUT2D eigenvalue weighted by Gasteiger charge is -2.38. The molecule has 2 aromatic carbocycles. The van der Waals surface area contributed by atoms with Gasteiger partial charge in [-0.3, -0.25) is 9.80 Å². The van der Waals surface area contributed by atoms with Crippen LogP contribution in [0.15, 0.2) is 66.7 Å². The van der Waals surface area contributed by atoms with E-state index in [0.717, 1.165) is 45.1 Å². The quantitative estimate of drug-likeness (QED) is 0.565. The largest absolute Gasteiger partial charge is 0.297 e. The van der Waals surface area contributed by atoms with E-state index in [9.17, 15) is 0 Å². The Balaban J connectivity index is 1.21. The van der Waals surface area contributed by atoms with E-state index in [1.54, 1.807) is 0 Å². The highest BCUT2D eigenvalue weighted by atomic mass is 15.6. The van der Waals surface area contributed by atoms with Crippen molar-refractivity contribution < 1.29 is 0 Å². The van der Waals surface area contributed by atoms with Crippen LogP contribution in [0, 0.1) is 5.92 Å². The summed E-state index contributed by atoms with van der Waals surface area (Å²) in [6.07, 6.45) is 7.06. The molecule has 1 saturated heterocycles. The van der Waals surface area contributed by atoms with Gasteiger partial charge in [0.05, 0.1) is 12.6 Å². The Morgan fingerprint density at radius 1 is 0.903 bits per heavy atom. The molecule has 0 spiro atoms. The lowest BCUT2D eigenvalue weighted by atomic mass is 10.1. The summed E-state index contributed by atoms with van der Waals surface area (Å²) in [5.74, 6) is 1.72. The van der Waals surface area contributed by atoms with Crippen molar-refractivity contribution in [2.45, 2.75) is 25.4 Å². The lowest BCUT2D eigenvalue weighted by molar-refractivity contribution is 0.0867. The smallest absolute Gasteiger partial charge is 0.169 e. The molecule has 2 heterocycles. The summed E-state index contributed by atoms with van der Waals surface area (Å²) in [5, 5.41) is 12.9. The minimum absolute atomic E-state index is 0.334. The minimum Gasteiger partial charge on any atom is -0.297 e. The fourth-order valence-electron chi connectivity index (χ4n) is 4.50. The normalized spacial score (nSPS) is 19.1. The molecule has 1 unspecified atom stereocenters.